The molecule has 2 bridgehead atoms. The Balaban J connectivity index is 1.48. The van der Waals surface area contributed by atoms with Gasteiger partial charge in [0.2, 0.25) is 0 Å². The highest BCUT2D eigenvalue weighted by Crippen LogP contribution is 2.48. The molecule has 0 spiro atoms. The van der Waals surface area contributed by atoms with E-state index in [-0.39, 0.29) is 68.7 Å². The van der Waals surface area contributed by atoms with E-state index in [1.54, 1.807) is 0 Å². The second-order valence-corrected chi connectivity index (χ2v) is 12.7. The molecule has 3 saturated heterocycles. The number of anilines is 2. The maximum atomic E-state index is 16.9. The number of hydrogen-bond acceptors (Lipinski definition) is 10. The van der Waals surface area contributed by atoms with Gasteiger partial charge in [0.05, 0.1) is 22.4 Å². The molecular weight excluding hydrogens is 619 g/mol. The summed E-state index contributed by atoms with van der Waals surface area (Å²) < 4.78 is 93.1. The summed E-state index contributed by atoms with van der Waals surface area (Å²) in [5, 5.41) is 12.8. The second-order valence-electron chi connectivity index (χ2n) is 11.6. The lowest BCUT2D eigenvalue weighted by molar-refractivity contribution is -0.137. The smallest absolute Gasteiger partial charge is 0.417 e. The number of halogens is 5. The third-order valence-electron chi connectivity index (χ3n) is 8.88. The molecule has 2 aromatic carbocycles. The number of rotatable bonds is 6. The number of nitrogens with zero attached hydrogens (tertiary/aromatic N) is 4. The van der Waals surface area contributed by atoms with Crippen LogP contribution in [0.2, 0.25) is 0 Å². The van der Waals surface area contributed by atoms with E-state index in [1.165, 1.54) is 7.11 Å². The first-order valence-corrected chi connectivity index (χ1v) is 15.1. The van der Waals surface area contributed by atoms with Gasteiger partial charge in [-0.05, 0) is 30.5 Å². The zero-order valence-corrected chi connectivity index (χ0v) is 24.7. The van der Waals surface area contributed by atoms with Gasteiger partial charge in [-0.3, -0.25) is 0 Å². The van der Waals surface area contributed by atoms with Gasteiger partial charge in [-0.1, -0.05) is 6.07 Å². The molecule has 3 fully saturated rings. The number of fused-ring (bicyclic) bond motifs is 4. The molecule has 15 heteroatoms. The molecule has 7 rings (SSSR count). The molecule has 2 aromatic heterocycles. The van der Waals surface area contributed by atoms with Gasteiger partial charge < -0.3 is 30.2 Å². The molecule has 236 valence electrons. The summed E-state index contributed by atoms with van der Waals surface area (Å²) in [4.78, 5) is 10.7. The van der Waals surface area contributed by atoms with Crippen LogP contribution in [-0.2, 0) is 15.7 Å². The predicted molar refractivity (Wildman–Crippen MR) is 157 cm³/mol. The van der Waals surface area contributed by atoms with E-state index in [2.05, 4.69) is 15.3 Å². The highest BCUT2D eigenvalue weighted by molar-refractivity contribution is 7.23. The Kier molecular flexibility index (Phi) is 7.23. The Morgan fingerprint density at radius 3 is 2.62 bits per heavy atom. The van der Waals surface area contributed by atoms with Crippen LogP contribution in [0.5, 0.6) is 6.01 Å². The third kappa shape index (κ3) is 5.00. The van der Waals surface area contributed by atoms with Gasteiger partial charge in [0.15, 0.2) is 5.82 Å². The zero-order chi connectivity index (χ0) is 31.7. The SMILES string of the molecule is COC1(COc2nc(N3CC4CCC(C3)N4)c3cc(C(F)(F)F)c(-c4ccc(F)c5sc(N)c(C#N)c45)c(F)c3n2)CCOC1. The first-order chi connectivity index (χ1) is 21.5. The Morgan fingerprint density at radius 1 is 1.22 bits per heavy atom. The summed E-state index contributed by atoms with van der Waals surface area (Å²) in [7, 11) is 1.52. The van der Waals surface area contributed by atoms with Gasteiger partial charge in [0.25, 0.3) is 0 Å². The third-order valence-corrected chi connectivity index (χ3v) is 9.90. The highest BCUT2D eigenvalue weighted by atomic mass is 32.1. The number of piperazine rings is 1. The highest BCUT2D eigenvalue weighted by Gasteiger charge is 2.40. The van der Waals surface area contributed by atoms with Crippen molar-refractivity contribution in [3.8, 4) is 23.2 Å². The maximum absolute atomic E-state index is 16.9. The molecule has 3 aliphatic heterocycles. The van der Waals surface area contributed by atoms with Crippen LogP contribution in [-0.4, -0.2) is 67.7 Å². The predicted octanol–water partition coefficient (Wildman–Crippen LogP) is 5.39. The van der Waals surface area contributed by atoms with Crippen molar-refractivity contribution in [2.75, 3.05) is 50.7 Å². The van der Waals surface area contributed by atoms with Crippen molar-refractivity contribution in [2.24, 2.45) is 0 Å². The van der Waals surface area contributed by atoms with Crippen LogP contribution in [0.25, 0.3) is 32.1 Å². The summed E-state index contributed by atoms with van der Waals surface area (Å²) in [5.74, 6) is -1.99. The summed E-state index contributed by atoms with van der Waals surface area (Å²) >= 11 is 0.708. The zero-order valence-electron chi connectivity index (χ0n) is 23.9. The van der Waals surface area contributed by atoms with Crippen molar-refractivity contribution in [3.63, 3.8) is 0 Å². The number of alkyl halides is 3. The molecule has 3 atom stereocenters. The largest absolute Gasteiger partial charge is 0.460 e. The van der Waals surface area contributed by atoms with Crippen molar-refractivity contribution < 1.29 is 36.2 Å². The van der Waals surface area contributed by atoms with E-state index < -0.39 is 40.1 Å². The van der Waals surface area contributed by atoms with Gasteiger partial charge in [-0.25, -0.2) is 8.78 Å². The van der Waals surface area contributed by atoms with Crippen LogP contribution >= 0.6 is 11.3 Å². The molecule has 0 amide bonds. The number of ether oxygens (including phenoxy) is 3. The number of hydrogen-bond donors (Lipinski definition) is 2. The van der Waals surface area contributed by atoms with E-state index in [4.69, 9.17) is 19.9 Å². The summed E-state index contributed by atoms with van der Waals surface area (Å²) in [6.07, 6.45) is -2.73. The van der Waals surface area contributed by atoms with Crippen molar-refractivity contribution in [3.05, 3.63) is 41.0 Å². The molecule has 4 aromatic rings. The molecule has 3 unspecified atom stereocenters. The lowest BCUT2D eigenvalue weighted by Gasteiger charge is -2.34. The van der Waals surface area contributed by atoms with E-state index in [0.717, 1.165) is 31.0 Å². The Morgan fingerprint density at radius 2 is 1.98 bits per heavy atom. The Hall–Kier alpha value is -3.84. The minimum absolute atomic E-state index is 0.0331. The van der Waals surface area contributed by atoms with E-state index in [1.807, 2.05) is 11.0 Å². The topological polar surface area (TPSA) is 119 Å². The molecule has 45 heavy (non-hydrogen) atoms. The number of nitriles is 1. The first kappa shape index (κ1) is 29.8. The quantitative estimate of drug-likeness (QED) is 0.266. The number of methoxy groups -OCH3 is 1. The average Bonchev–Trinajstić information content (AvgIpc) is 3.72. The van der Waals surface area contributed by atoms with Gasteiger partial charge >= 0.3 is 12.2 Å². The number of aromatic nitrogens is 2. The van der Waals surface area contributed by atoms with Gasteiger partial charge in [0, 0.05) is 61.6 Å². The van der Waals surface area contributed by atoms with Crippen molar-refractivity contribution in [1.29, 1.82) is 5.26 Å². The van der Waals surface area contributed by atoms with Crippen molar-refractivity contribution >= 4 is 43.1 Å². The number of thiophene rings is 1. The van der Waals surface area contributed by atoms with Crippen LogP contribution in [0.4, 0.5) is 32.8 Å². The first-order valence-electron chi connectivity index (χ1n) is 14.3. The van der Waals surface area contributed by atoms with Crippen LogP contribution in [0.3, 0.4) is 0 Å². The number of nitrogens with two attached hydrogens (primary N) is 1. The normalized spacial score (nSPS) is 23.3. The van der Waals surface area contributed by atoms with Crippen molar-refractivity contribution in [2.45, 2.75) is 43.1 Å². The van der Waals surface area contributed by atoms with Crippen LogP contribution in [0.15, 0.2) is 18.2 Å². The molecule has 3 N–H and O–H groups in total. The fraction of sp³-hybridized carbons (Fsp3) is 0.433. The minimum atomic E-state index is -5.04. The van der Waals surface area contributed by atoms with Crippen LogP contribution in [0, 0.1) is 23.0 Å². The molecule has 0 radical (unpaired) electrons. The van der Waals surface area contributed by atoms with E-state index >= 15 is 4.39 Å². The van der Waals surface area contributed by atoms with E-state index in [0.29, 0.717) is 37.5 Å². The lowest BCUT2D eigenvalue weighted by Crippen LogP contribution is -2.51. The van der Waals surface area contributed by atoms with Gasteiger partial charge in [-0.15, -0.1) is 11.3 Å². The fourth-order valence-corrected chi connectivity index (χ4v) is 7.53. The number of benzene rings is 2. The Bertz CT molecular complexity index is 1860. The molecule has 0 aliphatic carbocycles. The summed E-state index contributed by atoms with van der Waals surface area (Å²) in [6, 6.07) is 4.58. The molecular formula is C30H27F5N6O3S. The molecule has 3 aliphatic rings. The van der Waals surface area contributed by atoms with E-state index in [9.17, 15) is 22.8 Å². The van der Waals surface area contributed by atoms with Crippen LogP contribution in [0.1, 0.15) is 30.4 Å². The Labute approximate surface area is 257 Å². The maximum Gasteiger partial charge on any atom is 0.417 e. The number of nitrogens with one attached hydrogen (secondary N) is 1. The number of nitrogen functional groups attached to an aromatic ring is 1. The van der Waals surface area contributed by atoms with Gasteiger partial charge in [0.1, 0.15) is 40.4 Å². The fourth-order valence-electron chi connectivity index (χ4n) is 6.58. The molecule has 5 heterocycles. The molecule has 0 saturated carbocycles. The average molecular weight is 647 g/mol. The second kappa shape index (κ2) is 10.9. The van der Waals surface area contributed by atoms with Crippen molar-refractivity contribution in [1.82, 2.24) is 15.3 Å². The van der Waals surface area contributed by atoms with Gasteiger partial charge in [-0.2, -0.15) is 28.4 Å². The summed E-state index contributed by atoms with van der Waals surface area (Å²) in [5.41, 5.74) is 2.00. The lowest BCUT2D eigenvalue weighted by atomic mass is 9.92. The monoisotopic (exact) mass is 646 g/mol. The van der Waals surface area contributed by atoms with Crippen LogP contribution < -0.4 is 20.7 Å². The summed E-state index contributed by atoms with van der Waals surface area (Å²) in [6.45, 7) is 1.56. The standard InChI is InChI=1S/C30H27F5N6O3S/c1-42-29(6-7-43-12-29)13-44-28-39-24-17(27(40-28)41-10-14-2-3-15(11-41)38-14)8-19(30(33,34)35)22(23(24)32)16-4-5-20(31)25-21(16)18(9-36)26(37)45-25/h4-5,8,14-15,38H,2-3,6-7,10-13,37H2,1H3. The minimum Gasteiger partial charge on any atom is -0.460 e. The molecule has 9 nitrogen and oxygen atoms in total.